The molecule has 0 unspecified atom stereocenters. The van der Waals surface area contributed by atoms with Crippen molar-refractivity contribution in [2.45, 2.75) is 0 Å². The minimum atomic E-state index is -1.12. The number of nitrogens with one attached hydrogen (secondary N) is 2. The number of aromatic nitrogens is 2. The van der Waals surface area contributed by atoms with E-state index < -0.39 is 12.0 Å². The number of amides is 2. The van der Waals surface area contributed by atoms with Crippen LogP contribution in [0.15, 0.2) is 23.7 Å². The largest absolute Gasteiger partial charge is 0.478 e. The van der Waals surface area contributed by atoms with Gasteiger partial charge in [-0.15, -0.1) is 11.3 Å². The van der Waals surface area contributed by atoms with Crippen LogP contribution in [0.4, 0.5) is 15.7 Å². The first kappa shape index (κ1) is 13.2. The van der Waals surface area contributed by atoms with Crippen LogP contribution >= 0.6 is 22.9 Å². The lowest BCUT2D eigenvalue weighted by atomic mass is 10.3. The maximum absolute atomic E-state index is 11.6. The number of carboxylic acid groups (broad SMARTS) is 1. The predicted octanol–water partition coefficient (Wildman–Crippen LogP) is 2.53. The number of anilines is 2. The molecule has 0 spiro atoms. The number of urea groups is 1. The maximum atomic E-state index is 11.6. The molecule has 0 atom stereocenters. The minimum Gasteiger partial charge on any atom is -0.478 e. The summed E-state index contributed by atoms with van der Waals surface area (Å²) in [6.45, 7) is 0. The van der Waals surface area contributed by atoms with Crippen LogP contribution in [0.1, 0.15) is 10.4 Å². The van der Waals surface area contributed by atoms with E-state index in [0.29, 0.717) is 0 Å². The van der Waals surface area contributed by atoms with E-state index >= 15 is 0 Å². The predicted molar refractivity (Wildman–Crippen MR) is 71.0 cm³/mol. The first-order valence-corrected chi connectivity index (χ1v) is 6.19. The fourth-order valence-electron chi connectivity index (χ4n) is 1.21. The van der Waals surface area contributed by atoms with E-state index in [4.69, 9.17) is 16.7 Å². The number of rotatable bonds is 3. The molecule has 0 fully saturated rings. The highest BCUT2D eigenvalue weighted by Gasteiger charge is 2.14. The average molecular weight is 299 g/mol. The summed E-state index contributed by atoms with van der Waals surface area (Å²) in [5.41, 5.74) is 0.0205. The molecule has 3 N–H and O–H groups in total. The van der Waals surface area contributed by atoms with Crippen molar-refractivity contribution >= 4 is 45.9 Å². The Kier molecular flexibility index (Phi) is 3.93. The van der Waals surface area contributed by atoms with Gasteiger partial charge in [0.1, 0.15) is 10.2 Å². The van der Waals surface area contributed by atoms with Gasteiger partial charge in [0.05, 0.1) is 5.56 Å². The van der Waals surface area contributed by atoms with Gasteiger partial charge in [-0.1, -0.05) is 11.6 Å². The minimum absolute atomic E-state index is 0.0205. The molecule has 0 aliphatic carbocycles. The van der Waals surface area contributed by atoms with Crippen molar-refractivity contribution in [1.82, 2.24) is 9.97 Å². The normalized spacial score (nSPS) is 9.95. The van der Waals surface area contributed by atoms with E-state index in [1.165, 1.54) is 18.3 Å². The molecule has 2 aromatic heterocycles. The van der Waals surface area contributed by atoms with Crippen LogP contribution in [0, 0.1) is 0 Å². The zero-order valence-electron chi connectivity index (χ0n) is 9.25. The Labute approximate surface area is 116 Å². The van der Waals surface area contributed by atoms with Crippen LogP contribution < -0.4 is 10.6 Å². The van der Waals surface area contributed by atoms with Gasteiger partial charge in [-0.05, 0) is 17.5 Å². The van der Waals surface area contributed by atoms with Crippen molar-refractivity contribution in [3.05, 3.63) is 34.4 Å². The van der Waals surface area contributed by atoms with Crippen LogP contribution in [-0.2, 0) is 0 Å². The molecule has 2 heterocycles. The molecule has 0 saturated heterocycles. The molecule has 19 heavy (non-hydrogen) atoms. The molecule has 9 heteroatoms. The van der Waals surface area contributed by atoms with E-state index in [0.717, 1.165) is 11.3 Å². The number of carbonyl (C=O) groups is 2. The molecular weight excluding hydrogens is 292 g/mol. The number of carboxylic acids is 1. The summed E-state index contributed by atoms with van der Waals surface area (Å²) in [6.07, 6.45) is 1.39. The number of halogens is 1. The van der Waals surface area contributed by atoms with E-state index in [2.05, 4.69) is 20.6 Å². The van der Waals surface area contributed by atoms with Crippen molar-refractivity contribution in [2.75, 3.05) is 10.6 Å². The molecule has 98 valence electrons. The molecule has 2 aromatic rings. The maximum Gasteiger partial charge on any atom is 0.338 e. The summed E-state index contributed by atoms with van der Waals surface area (Å²) in [5, 5.41) is 15.6. The molecule has 0 saturated carbocycles. The van der Waals surface area contributed by atoms with Crippen molar-refractivity contribution < 1.29 is 14.7 Å². The van der Waals surface area contributed by atoms with Crippen molar-refractivity contribution in [1.29, 1.82) is 0 Å². The fourth-order valence-corrected chi connectivity index (χ4v) is 2.12. The zero-order chi connectivity index (χ0) is 13.8. The van der Waals surface area contributed by atoms with Gasteiger partial charge in [-0.3, -0.25) is 10.6 Å². The third-order valence-electron chi connectivity index (χ3n) is 1.97. The molecule has 0 aromatic carbocycles. The van der Waals surface area contributed by atoms with Gasteiger partial charge in [-0.25, -0.2) is 19.6 Å². The third kappa shape index (κ3) is 3.39. The zero-order valence-corrected chi connectivity index (χ0v) is 10.8. The Morgan fingerprint density at radius 2 is 2.11 bits per heavy atom. The number of aromatic carboxylic acids is 1. The summed E-state index contributed by atoms with van der Waals surface area (Å²) in [4.78, 5) is 30.0. The highest BCUT2D eigenvalue weighted by Crippen LogP contribution is 2.23. The Hall–Kier alpha value is -2.19. The number of thiophene rings is 1. The van der Waals surface area contributed by atoms with Crippen LogP contribution in [0.2, 0.25) is 5.15 Å². The Balaban J connectivity index is 2.05. The van der Waals surface area contributed by atoms with Gasteiger partial charge >= 0.3 is 12.0 Å². The van der Waals surface area contributed by atoms with Gasteiger partial charge in [0.25, 0.3) is 0 Å². The quantitative estimate of drug-likeness (QED) is 0.755. The lowest BCUT2D eigenvalue weighted by Gasteiger charge is -2.05. The van der Waals surface area contributed by atoms with Crippen LogP contribution in [0.3, 0.4) is 0 Å². The second-order valence-corrected chi connectivity index (χ2v) is 4.55. The molecule has 7 nitrogen and oxygen atoms in total. The standard InChI is InChI=1S/C10H7ClN4O3S/c11-6-1-3-12-9(13-6)15-10(18)14-7-5(8(16)17)2-4-19-7/h1-4H,(H,16,17)(H2,12,13,14,15,18). The topological polar surface area (TPSA) is 104 Å². The number of hydrogen-bond donors (Lipinski definition) is 3. The first-order chi connectivity index (χ1) is 9.06. The first-order valence-electron chi connectivity index (χ1n) is 4.93. The van der Waals surface area contributed by atoms with Crippen molar-refractivity contribution in [3.8, 4) is 0 Å². The molecule has 0 aliphatic rings. The summed E-state index contributed by atoms with van der Waals surface area (Å²) in [7, 11) is 0. The highest BCUT2D eigenvalue weighted by molar-refractivity contribution is 7.14. The van der Waals surface area contributed by atoms with Crippen molar-refractivity contribution in [2.24, 2.45) is 0 Å². The number of nitrogens with zero attached hydrogens (tertiary/aromatic N) is 2. The van der Waals surface area contributed by atoms with Gasteiger partial charge in [0.15, 0.2) is 0 Å². The molecular formula is C10H7ClN4O3S. The van der Waals surface area contributed by atoms with Crippen LogP contribution in [0.5, 0.6) is 0 Å². The van der Waals surface area contributed by atoms with E-state index in [1.54, 1.807) is 5.38 Å². The summed E-state index contributed by atoms with van der Waals surface area (Å²) < 4.78 is 0. The fraction of sp³-hybridized carbons (Fsp3) is 0. The monoisotopic (exact) mass is 298 g/mol. The molecule has 2 amide bonds. The second kappa shape index (κ2) is 5.63. The lowest BCUT2D eigenvalue weighted by Crippen LogP contribution is -2.21. The smallest absolute Gasteiger partial charge is 0.338 e. The average Bonchev–Trinajstić information content (AvgIpc) is 2.76. The van der Waals surface area contributed by atoms with Crippen LogP contribution in [-0.4, -0.2) is 27.1 Å². The summed E-state index contributed by atoms with van der Waals surface area (Å²) in [6, 6.07) is 2.22. The SMILES string of the molecule is O=C(Nc1nccc(Cl)n1)Nc1sccc1C(=O)O. The van der Waals surface area contributed by atoms with Gasteiger partial charge < -0.3 is 5.11 Å². The Morgan fingerprint density at radius 1 is 1.32 bits per heavy atom. The molecule has 0 bridgehead atoms. The molecule has 2 rings (SSSR count). The highest BCUT2D eigenvalue weighted by atomic mass is 35.5. The van der Waals surface area contributed by atoms with E-state index in [-0.39, 0.29) is 21.7 Å². The van der Waals surface area contributed by atoms with Crippen LogP contribution in [0.25, 0.3) is 0 Å². The second-order valence-electron chi connectivity index (χ2n) is 3.25. The van der Waals surface area contributed by atoms with Gasteiger partial charge in [0.2, 0.25) is 5.95 Å². The third-order valence-corrected chi connectivity index (χ3v) is 3.01. The summed E-state index contributed by atoms with van der Waals surface area (Å²) in [5.74, 6) is -1.09. The van der Waals surface area contributed by atoms with Gasteiger partial charge in [0, 0.05) is 6.20 Å². The summed E-state index contributed by atoms with van der Waals surface area (Å²) >= 11 is 6.74. The number of carbonyl (C=O) groups excluding carboxylic acids is 1. The Bertz CT molecular complexity index is 631. The number of hydrogen-bond acceptors (Lipinski definition) is 5. The lowest BCUT2D eigenvalue weighted by molar-refractivity contribution is 0.0698. The van der Waals surface area contributed by atoms with E-state index in [1.807, 2.05) is 0 Å². The van der Waals surface area contributed by atoms with E-state index in [9.17, 15) is 9.59 Å². The Morgan fingerprint density at radius 3 is 2.79 bits per heavy atom. The van der Waals surface area contributed by atoms with Gasteiger partial charge in [-0.2, -0.15) is 0 Å². The molecule has 0 radical (unpaired) electrons. The van der Waals surface area contributed by atoms with Crippen molar-refractivity contribution in [3.63, 3.8) is 0 Å². The molecule has 0 aliphatic heterocycles.